The third kappa shape index (κ3) is 6.34. The molecule has 1 amide bonds. The fourth-order valence-electron chi connectivity index (χ4n) is 3.58. The van der Waals surface area contributed by atoms with E-state index in [0.29, 0.717) is 35.5 Å². The summed E-state index contributed by atoms with van der Waals surface area (Å²) >= 11 is 0. The van der Waals surface area contributed by atoms with Crippen LogP contribution in [-0.4, -0.2) is 37.4 Å². The number of hydrogen-bond acceptors (Lipinski definition) is 7. The van der Waals surface area contributed by atoms with Gasteiger partial charge in [-0.3, -0.25) is 9.48 Å². The molecular formula is C23H22ClF3N8O. The first-order valence-electron chi connectivity index (χ1n) is 10.6. The van der Waals surface area contributed by atoms with Gasteiger partial charge in [-0.2, -0.15) is 0 Å². The Labute approximate surface area is 210 Å². The molecule has 0 saturated heterocycles. The summed E-state index contributed by atoms with van der Waals surface area (Å²) in [7, 11) is 0. The zero-order valence-electron chi connectivity index (χ0n) is 18.7. The summed E-state index contributed by atoms with van der Waals surface area (Å²) in [5.74, 6) is -2.90. The van der Waals surface area contributed by atoms with Crippen molar-refractivity contribution in [2.24, 2.45) is 11.5 Å². The zero-order valence-corrected chi connectivity index (χ0v) is 19.6. The van der Waals surface area contributed by atoms with Crippen molar-refractivity contribution in [3.05, 3.63) is 89.3 Å². The van der Waals surface area contributed by atoms with Gasteiger partial charge >= 0.3 is 0 Å². The second kappa shape index (κ2) is 11.6. The van der Waals surface area contributed by atoms with Crippen molar-refractivity contribution in [1.29, 1.82) is 0 Å². The lowest BCUT2D eigenvalue weighted by atomic mass is 9.96. The number of carbonyl (C=O) groups excluding carboxylic acids is 1. The zero-order chi connectivity index (χ0) is 24.9. The fourth-order valence-corrected chi connectivity index (χ4v) is 3.58. The maximum Gasteiger partial charge on any atom is 0.251 e. The molecule has 0 aliphatic rings. The normalized spacial score (nSPS) is 11.6. The van der Waals surface area contributed by atoms with E-state index in [9.17, 15) is 18.0 Å². The number of primary amides is 1. The van der Waals surface area contributed by atoms with E-state index in [-0.39, 0.29) is 30.3 Å². The van der Waals surface area contributed by atoms with Crippen molar-refractivity contribution < 1.29 is 18.0 Å². The van der Waals surface area contributed by atoms with Gasteiger partial charge in [0, 0.05) is 30.6 Å². The lowest BCUT2D eigenvalue weighted by molar-refractivity contribution is 0.0996. The molecule has 0 bridgehead atoms. The van der Waals surface area contributed by atoms with Crippen molar-refractivity contribution in [2.45, 2.75) is 19.0 Å². The van der Waals surface area contributed by atoms with Crippen LogP contribution < -0.4 is 16.8 Å². The van der Waals surface area contributed by atoms with Crippen LogP contribution in [0.5, 0.6) is 0 Å². The maximum atomic E-state index is 14.0. The summed E-state index contributed by atoms with van der Waals surface area (Å²) in [6.07, 6.45) is 4.79. The number of amides is 1. The van der Waals surface area contributed by atoms with Crippen LogP contribution in [0.2, 0.25) is 0 Å². The second-order valence-corrected chi connectivity index (χ2v) is 7.73. The van der Waals surface area contributed by atoms with E-state index in [1.165, 1.54) is 30.5 Å². The highest BCUT2D eigenvalue weighted by Gasteiger charge is 2.19. The highest BCUT2D eigenvalue weighted by molar-refractivity contribution is 5.94. The number of halogens is 4. The predicted molar refractivity (Wildman–Crippen MR) is 129 cm³/mol. The highest BCUT2D eigenvalue weighted by atomic mass is 35.5. The lowest BCUT2D eigenvalue weighted by Gasteiger charge is -2.18. The Morgan fingerprint density at radius 2 is 1.86 bits per heavy atom. The van der Waals surface area contributed by atoms with Gasteiger partial charge in [0.15, 0.2) is 0 Å². The third-order valence-electron chi connectivity index (χ3n) is 5.19. The molecule has 1 atom stereocenters. The van der Waals surface area contributed by atoms with Gasteiger partial charge in [-0.05, 0) is 41.8 Å². The van der Waals surface area contributed by atoms with Crippen LogP contribution in [0.25, 0.3) is 11.1 Å². The Morgan fingerprint density at radius 1 is 1.11 bits per heavy atom. The van der Waals surface area contributed by atoms with Crippen LogP contribution >= 0.6 is 12.4 Å². The molecule has 4 aromatic rings. The second-order valence-electron chi connectivity index (χ2n) is 7.73. The topological polar surface area (TPSA) is 138 Å². The number of anilines is 1. The van der Waals surface area contributed by atoms with Crippen LogP contribution in [0.15, 0.2) is 55.0 Å². The molecule has 0 saturated carbocycles. The van der Waals surface area contributed by atoms with Gasteiger partial charge in [0.25, 0.3) is 5.91 Å². The van der Waals surface area contributed by atoms with Crippen LogP contribution in [-0.2, 0) is 13.0 Å². The maximum absolute atomic E-state index is 14.0. The molecule has 188 valence electrons. The van der Waals surface area contributed by atoms with Crippen molar-refractivity contribution in [3.8, 4) is 11.1 Å². The van der Waals surface area contributed by atoms with Gasteiger partial charge in [0.05, 0.1) is 30.0 Å². The number of nitrogens with zero attached hydrogens (tertiary/aromatic N) is 5. The smallest absolute Gasteiger partial charge is 0.251 e. The molecule has 9 nitrogen and oxygen atoms in total. The largest absolute Gasteiger partial charge is 0.366 e. The number of nitrogens with one attached hydrogen (secondary N) is 1. The summed E-state index contributed by atoms with van der Waals surface area (Å²) in [5, 5.41) is 10.7. The van der Waals surface area contributed by atoms with E-state index >= 15 is 0 Å². The number of benzene rings is 2. The number of nitrogens with two attached hydrogens (primary N) is 2. The summed E-state index contributed by atoms with van der Waals surface area (Å²) in [4.78, 5) is 20.4. The first-order valence-corrected chi connectivity index (χ1v) is 10.6. The molecule has 0 aliphatic heterocycles. The van der Waals surface area contributed by atoms with Crippen LogP contribution in [0, 0.1) is 17.5 Å². The molecule has 5 N–H and O–H groups in total. The Bertz CT molecular complexity index is 1330. The molecular weight excluding hydrogens is 497 g/mol. The van der Waals surface area contributed by atoms with Gasteiger partial charge in [-0.1, -0.05) is 11.3 Å². The molecule has 2 aromatic carbocycles. The summed E-state index contributed by atoms with van der Waals surface area (Å²) < 4.78 is 43.0. The standard InChI is InChI=1S/C23H21F3N8O.ClH/c24-15-7-13(8-16(25)11-15)9-20(27)21-18(14-1-2-19(26)17(10-14)22(28)35)12-30-23(32-21)29-3-5-34-6-4-31-33-34;/h1-2,4,6-8,10-12,20H,3,5,9,27H2,(H2,28,35)(H,29,30,32);1H/t20-;/m0./s1. The Kier molecular flexibility index (Phi) is 8.56. The molecule has 0 unspecified atom stereocenters. The van der Waals surface area contributed by atoms with E-state index in [1.807, 2.05) is 0 Å². The molecule has 0 aliphatic carbocycles. The Hall–Kier alpha value is -4.03. The van der Waals surface area contributed by atoms with Crippen molar-refractivity contribution in [1.82, 2.24) is 25.0 Å². The third-order valence-corrected chi connectivity index (χ3v) is 5.19. The monoisotopic (exact) mass is 518 g/mol. The molecule has 2 aromatic heterocycles. The van der Waals surface area contributed by atoms with Gasteiger partial charge < -0.3 is 16.8 Å². The summed E-state index contributed by atoms with van der Waals surface area (Å²) in [6, 6.07) is 6.16. The van der Waals surface area contributed by atoms with Gasteiger partial charge in [0.1, 0.15) is 17.5 Å². The van der Waals surface area contributed by atoms with E-state index in [1.54, 1.807) is 17.1 Å². The van der Waals surface area contributed by atoms with Crippen LogP contribution in [0.1, 0.15) is 27.7 Å². The van der Waals surface area contributed by atoms with Crippen molar-refractivity contribution >= 4 is 24.3 Å². The van der Waals surface area contributed by atoms with Crippen LogP contribution in [0.4, 0.5) is 19.1 Å². The van der Waals surface area contributed by atoms with E-state index in [4.69, 9.17) is 11.5 Å². The lowest BCUT2D eigenvalue weighted by Crippen LogP contribution is -2.19. The molecule has 13 heteroatoms. The minimum atomic E-state index is -0.933. The predicted octanol–water partition coefficient (Wildman–Crippen LogP) is 3.03. The highest BCUT2D eigenvalue weighted by Crippen LogP contribution is 2.29. The van der Waals surface area contributed by atoms with Crippen molar-refractivity contribution in [3.63, 3.8) is 0 Å². The average molecular weight is 519 g/mol. The summed E-state index contributed by atoms with van der Waals surface area (Å²) in [6.45, 7) is 0.921. The van der Waals surface area contributed by atoms with Crippen LogP contribution in [0.3, 0.4) is 0 Å². The first kappa shape index (κ1) is 26.6. The molecule has 4 rings (SSSR count). The molecule has 0 radical (unpaired) electrons. The van der Waals surface area contributed by atoms with E-state index in [0.717, 1.165) is 12.1 Å². The molecule has 36 heavy (non-hydrogen) atoms. The number of rotatable bonds is 9. The number of carbonyl (C=O) groups is 1. The van der Waals surface area contributed by atoms with E-state index < -0.39 is 29.4 Å². The average Bonchev–Trinajstić information content (AvgIpc) is 3.32. The first-order chi connectivity index (χ1) is 16.8. The van der Waals surface area contributed by atoms with Crippen molar-refractivity contribution in [2.75, 3.05) is 11.9 Å². The number of aromatic nitrogens is 5. The minimum Gasteiger partial charge on any atom is -0.366 e. The molecule has 2 heterocycles. The molecule has 0 fully saturated rings. The fraction of sp³-hybridized carbons (Fsp3) is 0.174. The SMILES string of the molecule is Cl.NC(=O)c1cc(-c2cnc(NCCn3ccnn3)nc2[C@@H](N)Cc2cc(F)cc(F)c2)ccc1F. The number of hydrogen-bond donors (Lipinski definition) is 3. The van der Waals surface area contributed by atoms with Gasteiger partial charge in [-0.15, -0.1) is 17.5 Å². The quantitative estimate of drug-likeness (QED) is 0.309. The minimum absolute atomic E-state index is 0. The Balaban J connectivity index is 0.00000361. The van der Waals surface area contributed by atoms with E-state index in [2.05, 4.69) is 25.6 Å². The molecule has 0 spiro atoms. The van der Waals surface area contributed by atoms with Gasteiger partial charge in [0.2, 0.25) is 5.95 Å². The van der Waals surface area contributed by atoms with Gasteiger partial charge in [-0.25, -0.2) is 23.1 Å². The Morgan fingerprint density at radius 3 is 2.53 bits per heavy atom. The summed E-state index contributed by atoms with van der Waals surface area (Å²) in [5.41, 5.74) is 12.9.